The van der Waals surface area contributed by atoms with Gasteiger partial charge in [0.25, 0.3) is 11.9 Å². The van der Waals surface area contributed by atoms with Crippen LogP contribution in [-0.4, -0.2) is 43.2 Å². The van der Waals surface area contributed by atoms with Gasteiger partial charge in [0.1, 0.15) is 18.0 Å². The molecule has 2 heterocycles. The Morgan fingerprint density at radius 2 is 1.83 bits per heavy atom. The summed E-state index contributed by atoms with van der Waals surface area (Å²) in [6.45, 7) is 2.98. The lowest BCUT2D eigenvalue weighted by Gasteiger charge is -2.48. The van der Waals surface area contributed by atoms with Gasteiger partial charge in [-0.25, -0.2) is 4.39 Å². The molecule has 1 aromatic carbocycles. The van der Waals surface area contributed by atoms with Gasteiger partial charge in [-0.15, -0.1) is 0 Å². The summed E-state index contributed by atoms with van der Waals surface area (Å²) >= 11 is 0. The minimum Gasteiger partial charge on any atom is -0.427 e. The number of halogens is 4. The van der Waals surface area contributed by atoms with Gasteiger partial charge in [0.15, 0.2) is 5.69 Å². The Morgan fingerprint density at radius 3 is 2.43 bits per heavy atom. The van der Waals surface area contributed by atoms with Crippen LogP contribution < -0.4 is 15.1 Å². The van der Waals surface area contributed by atoms with Crippen molar-refractivity contribution in [1.29, 1.82) is 0 Å². The third kappa shape index (κ3) is 4.97. The predicted octanol–water partition coefficient (Wildman–Crippen LogP) is 5.70. The molecule has 35 heavy (non-hydrogen) atoms. The summed E-state index contributed by atoms with van der Waals surface area (Å²) in [5, 5.41) is 2.52. The number of hydrogen-bond acceptors (Lipinski definition) is 5. The molecule has 1 saturated heterocycles. The monoisotopic (exact) mass is 494 g/mol. The highest BCUT2D eigenvalue weighted by atomic mass is 19.4. The molecular weight excluding hydrogens is 464 g/mol. The second kappa shape index (κ2) is 9.02. The third-order valence-corrected chi connectivity index (χ3v) is 7.60. The third-order valence-electron chi connectivity index (χ3n) is 7.60. The molecule has 1 aromatic heterocycles. The van der Waals surface area contributed by atoms with Crippen LogP contribution in [0.25, 0.3) is 0 Å². The second-order valence-corrected chi connectivity index (χ2v) is 10.3. The average Bonchev–Trinajstić information content (AvgIpc) is 3.41. The molecular formula is C25H30F4N4O2. The lowest BCUT2D eigenvalue weighted by atomic mass is 9.63. The Hall–Kier alpha value is -2.78. The van der Waals surface area contributed by atoms with Crippen molar-refractivity contribution in [3.63, 3.8) is 0 Å². The van der Waals surface area contributed by atoms with Crippen LogP contribution >= 0.6 is 0 Å². The average molecular weight is 495 g/mol. The fourth-order valence-electron chi connectivity index (χ4n) is 5.93. The topological polar surface area (TPSA) is 61.6 Å². The van der Waals surface area contributed by atoms with E-state index in [0.29, 0.717) is 24.3 Å². The molecule has 1 amide bonds. The maximum Gasteiger partial charge on any atom is 0.396 e. The molecule has 3 saturated carbocycles. The van der Waals surface area contributed by atoms with E-state index in [2.05, 4.69) is 10.3 Å². The van der Waals surface area contributed by atoms with Crippen molar-refractivity contribution in [3.05, 3.63) is 35.0 Å². The first-order valence-corrected chi connectivity index (χ1v) is 12.2. The molecule has 6 nitrogen and oxygen atoms in total. The summed E-state index contributed by atoms with van der Waals surface area (Å²) in [5.41, 5.74) is 0.877. The maximum absolute atomic E-state index is 15.2. The molecule has 2 aromatic rings. The normalized spacial score (nSPS) is 23.8. The van der Waals surface area contributed by atoms with Crippen molar-refractivity contribution in [2.24, 2.45) is 11.8 Å². The van der Waals surface area contributed by atoms with Crippen molar-refractivity contribution >= 4 is 23.3 Å². The smallest absolute Gasteiger partial charge is 0.396 e. The first-order valence-electron chi connectivity index (χ1n) is 12.2. The first kappa shape index (κ1) is 23.9. The van der Waals surface area contributed by atoms with E-state index in [1.165, 1.54) is 18.9 Å². The quantitative estimate of drug-likeness (QED) is 0.522. The zero-order valence-electron chi connectivity index (χ0n) is 19.9. The molecule has 10 heteroatoms. The highest BCUT2D eigenvalue weighted by molar-refractivity contribution is 6.04. The SMILES string of the molecule is Cc1cc(NC(=O)c2nc(N3CCCC3)oc2CC(F)(F)F)cc(F)c1N(C)C1CC2CC(C2)C1. The number of carbonyl (C=O) groups excluding carboxylic acids is 1. The van der Waals surface area contributed by atoms with E-state index in [0.717, 1.165) is 37.5 Å². The van der Waals surface area contributed by atoms with Gasteiger partial charge in [0.2, 0.25) is 0 Å². The van der Waals surface area contributed by atoms with Crippen molar-refractivity contribution in [1.82, 2.24) is 4.98 Å². The number of nitrogens with one attached hydrogen (secondary N) is 1. The zero-order valence-corrected chi connectivity index (χ0v) is 19.9. The van der Waals surface area contributed by atoms with Crippen molar-refractivity contribution in [2.75, 3.05) is 35.3 Å². The van der Waals surface area contributed by atoms with E-state index in [1.54, 1.807) is 17.9 Å². The number of aromatic nitrogens is 1. The summed E-state index contributed by atoms with van der Waals surface area (Å²) < 4.78 is 59.9. The number of oxazole rings is 1. The number of hydrogen-bond donors (Lipinski definition) is 1. The Labute approximate surface area is 201 Å². The number of benzene rings is 1. The molecule has 6 rings (SSSR count). The number of aryl methyl sites for hydroxylation is 1. The second-order valence-electron chi connectivity index (χ2n) is 10.3. The van der Waals surface area contributed by atoms with Crippen LogP contribution in [-0.2, 0) is 6.42 Å². The van der Waals surface area contributed by atoms with Gasteiger partial charge < -0.3 is 19.5 Å². The Bertz CT molecular complexity index is 1070. The number of anilines is 3. The van der Waals surface area contributed by atoms with Crippen LogP contribution in [0.4, 0.5) is 35.0 Å². The van der Waals surface area contributed by atoms with Gasteiger partial charge in [0, 0.05) is 31.9 Å². The molecule has 190 valence electrons. The van der Waals surface area contributed by atoms with Gasteiger partial charge in [0.05, 0.1) is 5.69 Å². The Kier molecular flexibility index (Phi) is 6.17. The van der Waals surface area contributed by atoms with E-state index in [1.807, 2.05) is 11.9 Å². The fourth-order valence-corrected chi connectivity index (χ4v) is 5.93. The van der Waals surface area contributed by atoms with E-state index in [4.69, 9.17) is 4.42 Å². The number of fused-ring (bicyclic) bond motifs is 2. The van der Waals surface area contributed by atoms with Crippen LogP contribution in [0.5, 0.6) is 0 Å². The van der Waals surface area contributed by atoms with Crippen LogP contribution in [0.3, 0.4) is 0 Å². The predicted molar refractivity (Wildman–Crippen MR) is 124 cm³/mol. The van der Waals surface area contributed by atoms with Crippen molar-refractivity contribution in [3.8, 4) is 0 Å². The molecule has 1 N–H and O–H groups in total. The summed E-state index contributed by atoms with van der Waals surface area (Å²) in [5.74, 6) is -0.425. The van der Waals surface area contributed by atoms with E-state index in [9.17, 15) is 18.0 Å². The molecule has 3 aliphatic carbocycles. The maximum atomic E-state index is 15.2. The van der Waals surface area contributed by atoms with E-state index >= 15 is 4.39 Å². The van der Waals surface area contributed by atoms with Gasteiger partial charge in [-0.2, -0.15) is 18.2 Å². The Morgan fingerprint density at radius 1 is 1.17 bits per heavy atom. The molecule has 0 unspecified atom stereocenters. The molecule has 0 atom stereocenters. The van der Waals surface area contributed by atoms with Gasteiger partial charge in [-0.3, -0.25) is 4.79 Å². The molecule has 4 aliphatic rings. The van der Waals surface area contributed by atoms with Crippen molar-refractivity contribution in [2.45, 2.75) is 64.1 Å². The summed E-state index contributed by atoms with van der Waals surface area (Å²) in [7, 11) is 1.90. The van der Waals surface area contributed by atoms with Gasteiger partial charge in [-0.1, -0.05) is 0 Å². The van der Waals surface area contributed by atoms with Crippen LogP contribution in [0, 0.1) is 24.6 Å². The Balaban J connectivity index is 1.35. The number of carbonyl (C=O) groups is 1. The van der Waals surface area contributed by atoms with Gasteiger partial charge >= 0.3 is 6.18 Å². The first-order chi connectivity index (χ1) is 16.6. The van der Waals surface area contributed by atoms with Crippen LogP contribution in [0.2, 0.25) is 0 Å². The standard InChI is InChI=1S/C25H30F4N4O2/c1-14-7-17(12-19(26)22(14)32(2)18-10-15-8-16(9-15)11-18)30-23(34)21-20(13-25(27,28)29)35-24(31-21)33-5-3-4-6-33/h7,12,15-16,18H,3-6,8-11,13H2,1-2H3,(H,30,34). The van der Waals surface area contributed by atoms with Crippen LogP contribution in [0.15, 0.2) is 16.5 Å². The van der Waals surface area contributed by atoms with E-state index in [-0.39, 0.29) is 17.7 Å². The highest BCUT2D eigenvalue weighted by Gasteiger charge is 2.40. The van der Waals surface area contributed by atoms with E-state index < -0.39 is 35.8 Å². The molecule has 0 spiro atoms. The fraction of sp³-hybridized carbons (Fsp3) is 0.600. The van der Waals surface area contributed by atoms with Crippen LogP contribution in [0.1, 0.15) is 60.3 Å². The number of rotatable bonds is 6. The molecule has 1 aliphatic heterocycles. The summed E-state index contributed by atoms with van der Waals surface area (Å²) in [6.07, 6.45) is 0.432. The summed E-state index contributed by atoms with van der Waals surface area (Å²) in [4.78, 5) is 20.7. The molecule has 0 radical (unpaired) electrons. The number of alkyl halides is 3. The molecule has 4 fully saturated rings. The molecule has 2 bridgehead atoms. The lowest BCUT2D eigenvalue weighted by molar-refractivity contribution is -0.130. The highest BCUT2D eigenvalue weighted by Crippen LogP contribution is 2.47. The van der Waals surface area contributed by atoms with Crippen molar-refractivity contribution < 1.29 is 26.8 Å². The lowest BCUT2D eigenvalue weighted by Crippen LogP contribution is -2.45. The minimum atomic E-state index is -4.56. The zero-order chi connectivity index (χ0) is 24.9. The van der Waals surface area contributed by atoms with Gasteiger partial charge in [-0.05, 0) is 75.0 Å². The number of amides is 1. The number of nitrogens with zero attached hydrogens (tertiary/aromatic N) is 3. The summed E-state index contributed by atoms with van der Waals surface area (Å²) in [6, 6.07) is 3.15. The minimum absolute atomic E-state index is 0.0109. The largest absolute Gasteiger partial charge is 0.427 e.